The van der Waals surface area contributed by atoms with Gasteiger partial charge in [0.25, 0.3) is 0 Å². The molecule has 0 N–H and O–H groups in total. The maximum atomic E-state index is 11.5. The van der Waals surface area contributed by atoms with Crippen molar-refractivity contribution in [2.24, 2.45) is 17.3 Å². The van der Waals surface area contributed by atoms with Gasteiger partial charge in [0.2, 0.25) is 0 Å². The lowest BCUT2D eigenvalue weighted by atomic mass is 9.97. The molecule has 0 aliphatic carbocycles. The van der Waals surface area contributed by atoms with Gasteiger partial charge < -0.3 is 9.47 Å². The molecule has 0 radical (unpaired) electrons. The molecule has 0 amide bonds. The quantitative estimate of drug-likeness (QED) is 0.550. The average Bonchev–Trinajstić information content (AvgIpc) is 2.20. The lowest BCUT2D eigenvalue weighted by molar-refractivity contribution is -0.160. The molecule has 0 fully saturated rings. The van der Waals surface area contributed by atoms with E-state index in [1.165, 1.54) is 0 Å². The molecule has 0 aliphatic rings. The van der Waals surface area contributed by atoms with Crippen molar-refractivity contribution in [3.05, 3.63) is 0 Å². The van der Waals surface area contributed by atoms with Crippen LogP contribution in [0.2, 0.25) is 0 Å². The molecule has 17 heavy (non-hydrogen) atoms. The minimum Gasteiger partial charge on any atom is -0.462 e. The summed E-state index contributed by atoms with van der Waals surface area (Å²) in [6, 6.07) is 0. The first-order valence-corrected chi connectivity index (χ1v) is 6.00. The molecule has 0 aliphatic heterocycles. The van der Waals surface area contributed by atoms with E-state index in [4.69, 9.17) is 9.47 Å². The van der Waals surface area contributed by atoms with E-state index in [-0.39, 0.29) is 37.0 Å². The largest absolute Gasteiger partial charge is 0.462 e. The number of esters is 2. The summed E-state index contributed by atoms with van der Waals surface area (Å²) < 4.78 is 9.99. The zero-order chi connectivity index (χ0) is 13.6. The summed E-state index contributed by atoms with van der Waals surface area (Å²) in [5.74, 6) is -0.412. The highest BCUT2D eigenvalue weighted by Gasteiger charge is 2.23. The van der Waals surface area contributed by atoms with Crippen LogP contribution in [-0.2, 0) is 19.1 Å². The molecule has 0 heterocycles. The first kappa shape index (κ1) is 15.9. The Kier molecular flexibility index (Phi) is 6.21. The third kappa shape index (κ3) is 6.29. The van der Waals surface area contributed by atoms with Gasteiger partial charge in [-0.25, -0.2) is 0 Å². The summed E-state index contributed by atoms with van der Waals surface area (Å²) in [6.45, 7) is 11.3. The van der Waals surface area contributed by atoms with E-state index in [1.54, 1.807) is 20.8 Å². The van der Waals surface area contributed by atoms with E-state index in [2.05, 4.69) is 0 Å². The zero-order valence-corrected chi connectivity index (χ0v) is 11.7. The predicted molar refractivity (Wildman–Crippen MR) is 65.4 cm³/mol. The van der Waals surface area contributed by atoms with Crippen LogP contribution >= 0.6 is 0 Å². The van der Waals surface area contributed by atoms with Gasteiger partial charge in [-0.2, -0.15) is 0 Å². The Morgan fingerprint density at radius 3 is 1.88 bits per heavy atom. The molecule has 4 heteroatoms. The van der Waals surface area contributed by atoms with Gasteiger partial charge in [0.15, 0.2) is 0 Å². The van der Waals surface area contributed by atoms with Crippen LogP contribution < -0.4 is 0 Å². The summed E-state index contributed by atoms with van der Waals surface area (Å²) in [5, 5.41) is 0. The highest BCUT2D eigenvalue weighted by molar-refractivity contribution is 5.75. The third-order valence-corrected chi connectivity index (χ3v) is 2.54. The fourth-order valence-corrected chi connectivity index (χ4v) is 0.897. The minimum atomic E-state index is -0.519. The van der Waals surface area contributed by atoms with E-state index < -0.39 is 5.41 Å². The van der Waals surface area contributed by atoms with E-state index in [0.29, 0.717) is 0 Å². The molecule has 0 saturated carbocycles. The first-order valence-electron chi connectivity index (χ1n) is 6.00. The van der Waals surface area contributed by atoms with Crippen LogP contribution in [0.1, 0.15) is 41.5 Å². The second-order valence-electron chi connectivity index (χ2n) is 5.59. The zero-order valence-electron chi connectivity index (χ0n) is 11.7. The van der Waals surface area contributed by atoms with Gasteiger partial charge in [0, 0.05) is 0 Å². The number of carbonyl (C=O) groups excluding carboxylic acids is 2. The van der Waals surface area contributed by atoms with Gasteiger partial charge in [0.05, 0.1) is 11.3 Å². The van der Waals surface area contributed by atoms with Gasteiger partial charge in [-0.15, -0.1) is 0 Å². The molecule has 0 aromatic heterocycles. The SMILES string of the molecule is CC(C)C(C)C(=O)OCCOC(=O)C(C)(C)C. The summed E-state index contributed by atoms with van der Waals surface area (Å²) >= 11 is 0. The summed E-state index contributed by atoms with van der Waals surface area (Å²) in [6.07, 6.45) is 0. The Bertz CT molecular complexity index is 263. The molecule has 1 atom stereocenters. The second kappa shape index (κ2) is 6.62. The highest BCUT2D eigenvalue weighted by atomic mass is 16.6. The second-order valence-corrected chi connectivity index (χ2v) is 5.59. The average molecular weight is 244 g/mol. The van der Waals surface area contributed by atoms with Crippen molar-refractivity contribution < 1.29 is 19.1 Å². The van der Waals surface area contributed by atoms with E-state index in [9.17, 15) is 9.59 Å². The molecular weight excluding hydrogens is 220 g/mol. The summed E-state index contributed by atoms with van der Waals surface area (Å²) in [7, 11) is 0. The topological polar surface area (TPSA) is 52.6 Å². The molecule has 0 spiro atoms. The lowest BCUT2D eigenvalue weighted by Gasteiger charge is -2.17. The van der Waals surface area contributed by atoms with Crippen molar-refractivity contribution in [2.45, 2.75) is 41.5 Å². The van der Waals surface area contributed by atoms with Crippen molar-refractivity contribution in [2.75, 3.05) is 13.2 Å². The summed E-state index contributed by atoms with van der Waals surface area (Å²) in [5.41, 5.74) is -0.519. The predicted octanol–water partition coefficient (Wildman–Crippen LogP) is 2.41. The van der Waals surface area contributed by atoms with Gasteiger partial charge in [-0.05, 0) is 26.7 Å². The van der Waals surface area contributed by atoms with Gasteiger partial charge in [-0.1, -0.05) is 20.8 Å². The Balaban J connectivity index is 3.80. The fraction of sp³-hybridized carbons (Fsp3) is 0.846. The summed E-state index contributed by atoms with van der Waals surface area (Å²) in [4.78, 5) is 22.9. The van der Waals surface area contributed by atoms with Crippen LogP contribution in [0, 0.1) is 17.3 Å². The molecule has 4 nitrogen and oxygen atoms in total. The van der Waals surface area contributed by atoms with Crippen molar-refractivity contribution in [3.63, 3.8) is 0 Å². The number of hydrogen-bond donors (Lipinski definition) is 0. The number of rotatable bonds is 5. The molecule has 0 saturated heterocycles. The van der Waals surface area contributed by atoms with Gasteiger partial charge in [-0.3, -0.25) is 9.59 Å². The first-order chi connectivity index (χ1) is 7.66. The fourth-order valence-electron chi connectivity index (χ4n) is 0.897. The molecule has 100 valence electrons. The third-order valence-electron chi connectivity index (χ3n) is 2.54. The molecule has 0 aromatic rings. The highest BCUT2D eigenvalue weighted by Crippen LogP contribution is 2.15. The van der Waals surface area contributed by atoms with Crippen LogP contribution in [0.15, 0.2) is 0 Å². The lowest BCUT2D eigenvalue weighted by Crippen LogP contribution is -2.26. The Hall–Kier alpha value is -1.06. The maximum absolute atomic E-state index is 11.5. The molecule has 1 unspecified atom stereocenters. The van der Waals surface area contributed by atoms with E-state index >= 15 is 0 Å². The van der Waals surface area contributed by atoms with Crippen molar-refractivity contribution in [1.29, 1.82) is 0 Å². The van der Waals surface area contributed by atoms with Crippen LogP contribution in [-0.4, -0.2) is 25.2 Å². The van der Waals surface area contributed by atoms with Crippen LogP contribution in [0.3, 0.4) is 0 Å². The normalized spacial score (nSPS) is 13.4. The Labute approximate surface area is 104 Å². The van der Waals surface area contributed by atoms with Crippen molar-refractivity contribution >= 4 is 11.9 Å². The van der Waals surface area contributed by atoms with Crippen LogP contribution in [0.4, 0.5) is 0 Å². The van der Waals surface area contributed by atoms with Crippen LogP contribution in [0.5, 0.6) is 0 Å². The smallest absolute Gasteiger partial charge is 0.311 e. The van der Waals surface area contributed by atoms with E-state index in [1.807, 2.05) is 20.8 Å². The minimum absolute atomic E-state index is 0.118. The van der Waals surface area contributed by atoms with Crippen molar-refractivity contribution in [3.8, 4) is 0 Å². The number of ether oxygens (including phenoxy) is 2. The number of hydrogen-bond acceptors (Lipinski definition) is 4. The molecule has 0 aromatic carbocycles. The Morgan fingerprint density at radius 1 is 1.00 bits per heavy atom. The monoisotopic (exact) mass is 244 g/mol. The standard InChI is InChI=1S/C13H24O4/c1-9(2)10(3)11(14)16-7-8-17-12(15)13(4,5)6/h9-10H,7-8H2,1-6H3. The van der Waals surface area contributed by atoms with Crippen LogP contribution in [0.25, 0.3) is 0 Å². The van der Waals surface area contributed by atoms with Gasteiger partial charge >= 0.3 is 11.9 Å². The molecule has 0 bridgehead atoms. The van der Waals surface area contributed by atoms with Gasteiger partial charge in [0.1, 0.15) is 13.2 Å². The molecule has 0 rings (SSSR count). The maximum Gasteiger partial charge on any atom is 0.311 e. The Morgan fingerprint density at radius 2 is 1.47 bits per heavy atom. The van der Waals surface area contributed by atoms with Crippen molar-refractivity contribution in [1.82, 2.24) is 0 Å². The van der Waals surface area contributed by atoms with E-state index in [0.717, 1.165) is 0 Å². The number of carbonyl (C=O) groups is 2. The molecular formula is C13H24O4.